The molecule has 0 spiro atoms. The van der Waals surface area contributed by atoms with Gasteiger partial charge in [-0.25, -0.2) is 0 Å². The highest BCUT2D eigenvalue weighted by molar-refractivity contribution is 5.85. The van der Waals surface area contributed by atoms with E-state index in [1.807, 2.05) is 31.1 Å². The topological polar surface area (TPSA) is 50.2 Å². The molecule has 7 heteroatoms. The zero-order valence-electron chi connectivity index (χ0n) is 11.3. The summed E-state index contributed by atoms with van der Waals surface area (Å²) in [6.45, 7) is 4.63. The second kappa shape index (κ2) is 8.40. The van der Waals surface area contributed by atoms with E-state index >= 15 is 0 Å². The van der Waals surface area contributed by atoms with E-state index in [0.29, 0.717) is 5.92 Å². The van der Waals surface area contributed by atoms with Crippen molar-refractivity contribution >= 4 is 30.7 Å². The van der Waals surface area contributed by atoms with E-state index in [9.17, 15) is 4.79 Å². The van der Waals surface area contributed by atoms with Crippen LogP contribution in [0.4, 0.5) is 0 Å². The van der Waals surface area contributed by atoms with E-state index in [1.54, 1.807) is 10.9 Å². The van der Waals surface area contributed by atoms with Crippen LogP contribution in [0.5, 0.6) is 0 Å². The van der Waals surface area contributed by atoms with Gasteiger partial charge in [-0.2, -0.15) is 5.10 Å². The number of nitrogens with zero attached hydrogens (tertiary/aromatic N) is 3. The number of carbonyl (C=O) groups excluding carboxylic acids is 1. The van der Waals surface area contributed by atoms with Crippen molar-refractivity contribution in [3.63, 3.8) is 0 Å². The predicted octanol–water partition coefficient (Wildman–Crippen LogP) is 1.36. The molecule has 1 aliphatic heterocycles. The Kier molecular flexibility index (Phi) is 8.06. The van der Waals surface area contributed by atoms with Crippen molar-refractivity contribution in [2.45, 2.75) is 19.4 Å². The van der Waals surface area contributed by atoms with Crippen LogP contribution in [0.3, 0.4) is 0 Å². The summed E-state index contributed by atoms with van der Waals surface area (Å²) >= 11 is 0. The SMILES string of the molecule is CNCC1CCN(C(=O)C(C)n2cccn2)C1.Cl.Cl. The van der Waals surface area contributed by atoms with Gasteiger partial charge in [-0.3, -0.25) is 9.48 Å². The molecule has 2 heterocycles. The average Bonchev–Trinajstić information content (AvgIpc) is 2.98. The van der Waals surface area contributed by atoms with E-state index in [-0.39, 0.29) is 36.8 Å². The van der Waals surface area contributed by atoms with Crippen molar-refractivity contribution in [1.82, 2.24) is 20.0 Å². The summed E-state index contributed by atoms with van der Waals surface area (Å²) in [5.41, 5.74) is 0. The molecule has 1 amide bonds. The van der Waals surface area contributed by atoms with Crippen LogP contribution in [-0.2, 0) is 4.79 Å². The number of rotatable bonds is 4. The fourth-order valence-electron chi connectivity index (χ4n) is 2.38. The Morgan fingerprint density at radius 3 is 2.84 bits per heavy atom. The third kappa shape index (κ3) is 4.37. The Bertz CT molecular complexity index is 372. The normalized spacial score (nSPS) is 19.5. The van der Waals surface area contributed by atoms with Gasteiger partial charge in [-0.1, -0.05) is 0 Å². The number of carbonyl (C=O) groups is 1. The summed E-state index contributed by atoms with van der Waals surface area (Å²) in [7, 11) is 1.96. The zero-order chi connectivity index (χ0) is 12.3. The molecule has 0 aromatic carbocycles. The van der Waals surface area contributed by atoms with Gasteiger partial charge < -0.3 is 10.2 Å². The predicted molar refractivity (Wildman–Crippen MR) is 80.0 cm³/mol. The van der Waals surface area contributed by atoms with Crippen molar-refractivity contribution in [3.8, 4) is 0 Å². The Labute approximate surface area is 126 Å². The van der Waals surface area contributed by atoms with Crippen LogP contribution >= 0.6 is 24.8 Å². The van der Waals surface area contributed by atoms with Gasteiger partial charge in [-0.15, -0.1) is 24.8 Å². The molecule has 110 valence electrons. The molecule has 1 fully saturated rings. The molecule has 2 atom stereocenters. The second-order valence-corrected chi connectivity index (χ2v) is 4.66. The van der Waals surface area contributed by atoms with Crippen molar-refractivity contribution < 1.29 is 4.79 Å². The minimum atomic E-state index is -0.196. The summed E-state index contributed by atoms with van der Waals surface area (Å²) in [5.74, 6) is 0.765. The van der Waals surface area contributed by atoms with Gasteiger partial charge in [0.1, 0.15) is 6.04 Å². The van der Waals surface area contributed by atoms with E-state index < -0.39 is 0 Å². The maximum Gasteiger partial charge on any atom is 0.247 e. The Hall–Kier alpha value is -0.780. The first-order chi connectivity index (χ1) is 8.22. The molecule has 1 aromatic rings. The van der Waals surface area contributed by atoms with Crippen LogP contribution in [0.1, 0.15) is 19.4 Å². The number of hydrogen-bond donors (Lipinski definition) is 1. The van der Waals surface area contributed by atoms with Gasteiger partial charge in [0.25, 0.3) is 0 Å². The fraction of sp³-hybridized carbons (Fsp3) is 0.667. The lowest BCUT2D eigenvalue weighted by Gasteiger charge is -2.21. The first-order valence-electron chi connectivity index (χ1n) is 6.15. The van der Waals surface area contributed by atoms with Gasteiger partial charge in [0.05, 0.1) is 0 Å². The van der Waals surface area contributed by atoms with E-state index in [0.717, 1.165) is 26.1 Å². The quantitative estimate of drug-likeness (QED) is 0.913. The molecule has 2 unspecified atom stereocenters. The summed E-state index contributed by atoms with van der Waals surface area (Å²) in [5, 5.41) is 7.29. The molecule has 2 rings (SSSR count). The second-order valence-electron chi connectivity index (χ2n) is 4.66. The highest BCUT2D eigenvalue weighted by atomic mass is 35.5. The molecule has 1 saturated heterocycles. The lowest BCUT2D eigenvalue weighted by molar-refractivity contribution is -0.133. The standard InChI is InChI=1S/C12H20N4O.2ClH/c1-10(16-6-3-5-14-16)12(17)15-7-4-11(9-15)8-13-2;;/h3,5-6,10-11,13H,4,7-9H2,1-2H3;2*1H. The van der Waals surface area contributed by atoms with Gasteiger partial charge >= 0.3 is 0 Å². The number of likely N-dealkylation sites (tertiary alicyclic amines) is 1. The minimum absolute atomic E-state index is 0. The van der Waals surface area contributed by atoms with E-state index in [2.05, 4.69) is 10.4 Å². The molecule has 1 aromatic heterocycles. The van der Waals surface area contributed by atoms with E-state index in [4.69, 9.17) is 0 Å². The molecule has 0 aliphatic carbocycles. The number of aromatic nitrogens is 2. The summed E-state index contributed by atoms with van der Waals surface area (Å²) in [6.07, 6.45) is 4.64. The first kappa shape index (κ1) is 18.2. The van der Waals surface area contributed by atoms with Crippen molar-refractivity contribution in [1.29, 1.82) is 0 Å². The van der Waals surface area contributed by atoms with Gasteiger partial charge in [-0.05, 0) is 38.9 Å². The minimum Gasteiger partial charge on any atom is -0.341 e. The van der Waals surface area contributed by atoms with E-state index in [1.165, 1.54) is 0 Å². The van der Waals surface area contributed by atoms with Crippen molar-refractivity contribution in [2.75, 3.05) is 26.7 Å². The lowest BCUT2D eigenvalue weighted by Crippen LogP contribution is -2.35. The zero-order valence-corrected chi connectivity index (χ0v) is 12.9. The highest BCUT2D eigenvalue weighted by Crippen LogP contribution is 2.19. The van der Waals surface area contributed by atoms with Crippen molar-refractivity contribution in [3.05, 3.63) is 18.5 Å². The van der Waals surface area contributed by atoms with Gasteiger partial charge in [0.15, 0.2) is 0 Å². The van der Waals surface area contributed by atoms with Crippen LogP contribution in [0.15, 0.2) is 18.5 Å². The molecular formula is C12H22Cl2N4O. The van der Waals surface area contributed by atoms with Gasteiger partial charge in [0.2, 0.25) is 5.91 Å². The monoisotopic (exact) mass is 308 g/mol. The van der Waals surface area contributed by atoms with Crippen LogP contribution in [0.2, 0.25) is 0 Å². The molecule has 19 heavy (non-hydrogen) atoms. The number of hydrogen-bond acceptors (Lipinski definition) is 3. The van der Waals surface area contributed by atoms with Crippen molar-refractivity contribution in [2.24, 2.45) is 5.92 Å². The smallest absolute Gasteiger partial charge is 0.247 e. The largest absolute Gasteiger partial charge is 0.341 e. The molecule has 0 bridgehead atoms. The lowest BCUT2D eigenvalue weighted by atomic mass is 10.1. The Morgan fingerprint density at radius 1 is 1.53 bits per heavy atom. The van der Waals surface area contributed by atoms with Crippen LogP contribution in [-0.4, -0.2) is 47.3 Å². The molecule has 5 nitrogen and oxygen atoms in total. The number of halogens is 2. The first-order valence-corrected chi connectivity index (χ1v) is 6.15. The molecular weight excluding hydrogens is 287 g/mol. The summed E-state index contributed by atoms with van der Waals surface area (Å²) in [6, 6.07) is 1.65. The fourth-order valence-corrected chi connectivity index (χ4v) is 2.38. The van der Waals surface area contributed by atoms with Crippen LogP contribution in [0, 0.1) is 5.92 Å². The van der Waals surface area contributed by atoms with Crippen LogP contribution < -0.4 is 5.32 Å². The maximum absolute atomic E-state index is 12.2. The highest BCUT2D eigenvalue weighted by Gasteiger charge is 2.29. The molecule has 0 saturated carbocycles. The molecule has 1 N–H and O–H groups in total. The van der Waals surface area contributed by atoms with Gasteiger partial charge in [0, 0.05) is 25.5 Å². The number of amides is 1. The maximum atomic E-state index is 12.2. The summed E-state index contributed by atoms with van der Waals surface area (Å²) < 4.78 is 1.72. The van der Waals surface area contributed by atoms with Crippen LogP contribution in [0.25, 0.3) is 0 Å². The number of nitrogens with one attached hydrogen (secondary N) is 1. The molecule has 0 radical (unpaired) electrons. The average molecular weight is 309 g/mol. The summed E-state index contributed by atoms with van der Waals surface area (Å²) in [4.78, 5) is 14.2. The Morgan fingerprint density at radius 2 is 2.26 bits per heavy atom. The third-order valence-electron chi connectivity index (χ3n) is 3.37. The Balaban J connectivity index is 0.00000162. The third-order valence-corrected chi connectivity index (χ3v) is 3.37. The molecule has 1 aliphatic rings.